The summed E-state index contributed by atoms with van der Waals surface area (Å²) in [5.41, 5.74) is 5.51. The predicted octanol–water partition coefficient (Wildman–Crippen LogP) is 1.56. The lowest BCUT2D eigenvalue weighted by molar-refractivity contribution is 1.72. The molecule has 1 aliphatic rings. The molecule has 0 unspecified atom stereocenters. The zero-order valence-corrected chi connectivity index (χ0v) is 8.48. The van der Waals surface area contributed by atoms with E-state index in [9.17, 15) is 0 Å². The van der Waals surface area contributed by atoms with E-state index in [-0.39, 0.29) is 0 Å². The summed E-state index contributed by atoms with van der Waals surface area (Å²) in [6.07, 6.45) is 4.42. The normalized spacial score (nSPS) is 12.3. The summed E-state index contributed by atoms with van der Waals surface area (Å²) in [4.78, 5) is 0. The Bertz CT molecular complexity index is 479. The van der Waals surface area contributed by atoms with Gasteiger partial charge in [-0.05, 0) is 11.1 Å². The third kappa shape index (κ3) is 1.50. The van der Waals surface area contributed by atoms with Gasteiger partial charge in [-0.15, -0.1) is 0 Å². The fourth-order valence-corrected chi connectivity index (χ4v) is 2.10. The van der Waals surface area contributed by atoms with Crippen LogP contribution < -0.4 is 10.9 Å². The second-order valence-electron chi connectivity index (χ2n) is 3.91. The van der Waals surface area contributed by atoms with Crippen LogP contribution in [-0.4, -0.2) is 7.28 Å². The second kappa shape index (κ2) is 3.43. The van der Waals surface area contributed by atoms with Crippen molar-refractivity contribution in [1.82, 2.24) is 0 Å². The molecule has 0 aromatic heterocycles. The van der Waals surface area contributed by atoms with Crippen LogP contribution in [0.3, 0.4) is 0 Å². The van der Waals surface area contributed by atoms with E-state index >= 15 is 0 Å². The van der Waals surface area contributed by atoms with Crippen molar-refractivity contribution in [2.75, 3.05) is 0 Å². The standard InChI is InChI=1S/C14H11B/c1-3-7-13-11(5-1)9-10-12-6-2-4-8-14(12)15-13/h1-10,15H. The molecular formula is C14H11B. The molecule has 0 N–H and O–H groups in total. The molecule has 1 heteroatoms. The van der Waals surface area contributed by atoms with Gasteiger partial charge in [-0.2, -0.15) is 0 Å². The quantitative estimate of drug-likeness (QED) is 0.472. The summed E-state index contributed by atoms with van der Waals surface area (Å²) in [5.74, 6) is 0. The molecule has 0 spiro atoms. The molecule has 0 saturated heterocycles. The SMILES string of the molecule is B1c2ccccc2C=Cc2ccccc21. The van der Waals surface area contributed by atoms with Crippen LogP contribution in [0.5, 0.6) is 0 Å². The zero-order chi connectivity index (χ0) is 10.1. The lowest BCUT2D eigenvalue weighted by Crippen LogP contribution is -2.29. The summed E-state index contributed by atoms with van der Waals surface area (Å²) in [6.45, 7) is 0. The van der Waals surface area contributed by atoms with Crippen LogP contribution in [0.4, 0.5) is 0 Å². The van der Waals surface area contributed by atoms with Gasteiger partial charge in [0, 0.05) is 0 Å². The molecule has 0 fully saturated rings. The van der Waals surface area contributed by atoms with E-state index in [0.29, 0.717) is 0 Å². The van der Waals surface area contributed by atoms with Gasteiger partial charge in [0.15, 0.2) is 7.28 Å². The number of benzene rings is 2. The third-order valence-corrected chi connectivity index (χ3v) is 2.93. The van der Waals surface area contributed by atoms with Gasteiger partial charge in [-0.25, -0.2) is 0 Å². The fourth-order valence-electron chi connectivity index (χ4n) is 2.10. The van der Waals surface area contributed by atoms with Crippen LogP contribution in [0.25, 0.3) is 12.2 Å². The van der Waals surface area contributed by atoms with Gasteiger partial charge in [0.2, 0.25) is 0 Å². The van der Waals surface area contributed by atoms with Gasteiger partial charge < -0.3 is 0 Å². The summed E-state index contributed by atoms with van der Waals surface area (Å²) < 4.78 is 0. The summed E-state index contributed by atoms with van der Waals surface area (Å²) in [6, 6.07) is 17.2. The van der Waals surface area contributed by atoms with E-state index in [1.165, 1.54) is 22.1 Å². The minimum absolute atomic E-state index is 1.04. The van der Waals surface area contributed by atoms with Crippen LogP contribution in [0.15, 0.2) is 48.5 Å². The molecule has 0 nitrogen and oxygen atoms in total. The van der Waals surface area contributed by atoms with Crippen molar-refractivity contribution in [3.63, 3.8) is 0 Å². The molecule has 3 rings (SSSR count). The minimum atomic E-state index is 1.04. The molecule has 1 aliphatic heterocycles. The molecule has 1 heterocycles. The van der Waals surface area contributed by atoms with Crippen LogP contribution in [0, 0.1) is 0 Å². The largest absolute Gasteiger partial charge is 0.193 e. The van der Waals surface area contributed by atoms with Gasteiger partial charge in [0.25, 0.3) is 0 Å². The average Bonchev–Trinajstić information content (AvgIpc) is 2.48. The maximum absolute atomic E-state index is 2.21. The van der Waals surface area contributed by atoms with Crippen molar-refractivity contribution in [3.05, 3.63) is 59.7 Å². The lowest BCUT2D eigenvalue weighted by atomic mass is 9.62. The first-order chi connectivity index (χ1) is 7.43. The monoisotopic (exact) mass is 190 g/mol. The molecule has 0 aliphatic carbocycles. The van der Waals surface area contributed by atoms with Crippen LogP contribution >= 0.6 is 0 Å². The highest BCUT2D eigenvalue weighted by atomic mass is 14.0. The molecule has 15 heavy (non-hydrogen) atoms. The number of hydrogen-bond acceptors (Lipinski definition) is 0. The van der Waals surface area contributed by atoms with Crippen LogP contribution in [-0.2, 0) is 0 Å². The molecule has 2 aromatic rings. The molecule has 2 aromatic carbocycles. The van der Waals surface area contributed by atoms with E-state index in [0.717, 1.165) is 7.28 Å². The van der Waals surface area contributed by atoms with Crippen molar-refractivity contribution in [2.24, 2.45) is 0 Å². The maximum atomic E-state index is 2.21. The smallest absolute Gasteiger partial charge is 0.0714 e. The first-order valence-electron chi connectivity index (χ1n) is 5.27. The number of fused-ring (bicyclic) bond motifs is 2. The number of rotatable bonds is 0. The third-order valence-electron chi connectivity index (χ3n) is 2.93. The van der Waals surface area contributed by atoms with Crippen molar-refractivity contribution in [3.8, 4) is 0 Å². The summed E-state index contributed by atoms with van der Waals surface area (Å²) in [7, 11) is 1.04. The lowest BCUT2D eigenvalue weighted by Gasteiger charge is -2.03. The Kier molecular flexibility index (Phi) is 1.95. The maximum Gasteiger partial charge on any atom is 0.193 e. The topological polar surface area (TPSA) is 0 Å². The Morgan fingerprint density at radius 3 is 1.60 bits per heavy atom. The Balaban J connectivity index is 2.19. The van der Waals surface area contributed by atoms with Gasteiger partial charge in [-0.3, -0.25) is 0 Å². The fraction of sp³-hybridized carbons (Fsp3) is 0. The minimum Gasteiger partial charge on any atom is -0.0714 e. The molecule has 0 atom stereocenters. The van der Waals surface area contributed by atoms with Gasteiger partial charge in [-0.1, -0.05) is 71.6 Å². The van der Waals surface area contributed by atoms with Crippen LogP contribution in [0.1, 0.15) is 11.1 Å². The summed E-state index contributed by atoms with van der Waals surface area (Å²) in [5, 5.41) is 0. The first kappa shape index (κ1) is 8.54. The Labute approximate surface area is 90.5 Å². The zero-order valence-electron chi connectivity index (χ0n) is 8.48. The average molecular weight is 190 g/mol. The molecule has 70 valence electrons. The molecular weight excluding hydrogens is 179 g/mol. The van der Waals surface area contributed by atoms with E-state index < -0.39 is 0 Å². The van der Waals surface area contributed by atoms with Crippen LogP contribution in [0.2, 0.25) is 0 Å². The summed E-state index contributed by atoms with van der Waals surface area (Å²) >= 11 is 0. The molecule has 0 radical (unpaired) electrons. The second-order valence-corrected chi connectivity index (χ2v) is 3.91. The van der Waals surface area contributed by atoms with Gasteiger partial charge >= 0.3 is 0 Å². The first-order valence-corrected chi connectivity index (χ1v) is 5.27. The van der Waals surface area contributed by atoms with E-state index in [1.54, 1.807) is 0 Å². The Morgan fingerprint density at radius 2 is 1.07 bits per heavy atom. The highest BCUT2D eigenvalue weighted by Crippen LogP contribution is 2.08. The molecule has 0 bridgehead atoms. The van der Waals surface area contributed by atoms with E-state index in [1.807, 2.05) is 0 Å². The molecule has 0 saturated carbocycles. The van der Waals surface area contributed by atoms with Crippen molar-refractivity contribution >= 4 is 30.4 Å². The Morgan fingerprint density at radius 1 is 0.600 bits per heavy atom. The van der Waals surface area contributed by atoms with Crippen molar-refractivity contribution in [1.29, 1.82) is 0 Å². The van der Waals surface area contributed by atoms with Crippen molar-refractivity contribution in [2.45, 2.75) is 0 Å². The highest BCUT2D eigenvalue weighted by molar-refractivity contribution is 6.69. The van der Waals surface area contributed by atoms with Crippen molar-refractivity contribution < 1.29 is 0 Å². The van der Waals surface area contributed by atoms with E-state index in [4.69, 9.17) is 0 Å². The highest BCUT2D eigenvalue weighted by Gasteiger charge is 2.08. The molecule has 0 amide bonds. The Hall–Kier alpha value is -1.76. The predicted molar refractivity (Wildman–Crippen MR) is 68.2 cm³/mol. The number of hydrogen-bond donors (Lipinski definition) is 0. The van der Waals surface area contributed by atoms with Gasteiger partial charge in [0.1, 0.15) is 0 Å². The van der Waals surface area contributed by atoms with E-state index in [2.05, 4.69) is 60.7 Å². The van der Waals surface area contributed by atoms with Gasteiger partial charge in [0.05, 0.1) is 0 Å².